The van der Waals surface area contributed by atoms with Crippen LogP contribution in [-0.2, 0) is 16.1 Å². The third-order valence-corrected chi connectivity index (χ3v) is 6.79. The van der Waals surface area contributed by atoms with Crippen LogP contribution in [0.15, 0.2) is 36.0 Å². The molecule has 1 saturated carbocycles. The van der Waals surface area contributed by atoms with Crippen molar-refractivity contribution >= 4 is 30.4 Å². The maximum Gasteiger partial charge on any atom is 0.243 e. The highest BCUT2D eigenvalue weighted by atomic mass is 32.1. The van der Waals surface area contributed by atoms with Crippen LogP contribution in [0.1, 0.15) is 49.4 Å². The molecule has 1 amide bonds. The van der Waals surface area contributed by atoms with Crippen LogP contribution >= 0.6 is 12.6 Å². The molecule has 1 saturated heterocycles. The van der Waals surface area contributed by atoms with Gasteiger partial charge in [-0.25, -0.2) is 14.6 Å². The minimum atomic E-state index is -0.608. The van der Waals surface area contributed by atoms with Gasteiger partial charge in [-0.2, -0.15) is 12.6 Å². The lowest BCUT2D eigenvalue weighted by Crippen LogP contribution is -2.42. The summed E-state index contributed by atoms with van der Waals surface area (Å²) in [5.41, 5.74) is 3.83. The van der Waals surface area contributed by atoms with Crippen molar-refractivity contribution in [2.45, 2.75) is 49.9 Å². The summed E-state index contributed by atoms with van der Waals surface area (Å²) in [4.78, 5) is 26.5. The number of rotatable bonds is 9. The van der Waals surface area contributed by atoms with Crippen LogP contribution in [0.5, 0.6) is 0 Å². The van der Waals surface area contributed by atoms with Gasteiger partial charge in [-0.15, -0.1) is 5.10 Å². The Morgan fingerprint density at radius 2 is 2.09 bits per heavy atom. The van der Waals surface area contributed by atoms with Crippen molar-refractivity contribution in [1.29, 1.82) is 0 Å². The number of nitrogens with one attached hydrogen (secondary N) is 1. The Hall–Kier alpha value is -2.56. The number of hydroxylamine groups is 1. The van der Waals surface area contributed by atoms with Crippen LogP contribution in [0.3, 0.4) is 0 Å². The third kappa shape index (κ3) is 5.69. The van der Waals surface area contributed by atoms with Crippen LogP contribution in [0.4, 0.5) is 4.39 Å². The summed E-state index contributed by atoms with van der Waals surface area (Å²) in [6.45, 7) is 1.60. The monoisotopic (exact) mass is 473 g/mol. The first-order valence-electron chi connectivity index (χ1n) is 11.2. The Morgan fingerprint density at radius 1 is 1.30 bits per heavy atom. The van der Waals surface area contributed by atoms with E-state index in [1.807, 2.05) is 6.08 Å². The number of carbonyl (C=O) groups is 2. The Kier molecular flexibility index (Phi) is 7.56. The van der Waals surface area contributed by atoms with Crippen molar-refractivity contribution in [3.8, 4) is 0 Å². The molecule has 8 nitrogen and oxygen atoms in total. The fourth-order valence-corrected chi connectivity index (χ4v) is 4.53. The number of hydrogen-bond acceptors (Lipinski definition) is 7. The molecule has 4 rings (SSSR count). The number of likely N-dealkylation sites (tertiary alicyclic amines) is 1. The van der Waals surface area contributed by atoms with Crippen molar-refractivity contribution in [3.05, 3.63) is 53.1 Å². The van der Waals surface area contributed by atoms with Crippen LogP contribution in [0, 0.1) is 11.7 Å². The Labute approximate surface area is 197 Å². The summed E-state index contributed by atoms with van der Waals surface area (Å²) in [5.74, 6) is -0.708. The van der Waals surface area contributed by atoms with Gasteiger partial charge in [-0.05, 0) is 43.4 Å². The lowest BCUT2D eigenvalue weighted by atomic mass is 9.93. The number of Topliss-reactive ketones (excluding diaryl/α,β-unsaturated/α-hetero) is 1. The number of benzene rings is 1. The zero-order valence-corrected chi connectivity index (χ0v) is 19.1. The Bertz CT molecular complexity index is 1040. The number of hydrogen-bond donors (Lipinski definition) is 3. The number of aromatic nitrogens is 3. The molecule has 1 aliphatic heterocycles. The highest BCUT2D eigenvalue weighted by molar-refractivity contribution is 7.81. The fraction of sp³-hybridized carbons (Fsp3) is 0.478. The second kappa shape index (κ2) is 10.6. The predicted octanol–water partition coefficient (Wildman–Crippen LogP) is 2.81. The van der Waals surface area contributed by atoms with Gasteiger partial charge in [0.25, 0.3) is 0 Å². The molecule has 1 aromatic heterocycles. The molecular weight excluding hydrogens is 445 g/mol. The quantitative estimate of drug-likeness (QED) is 0.294. The number of halogens is 1. The normalized spacial score (nSPS) is 21.2. The first-order valence-corrected chi connectivity index (χ1v) is 11.7. The minimum absolute atomic E-state index is 0.00191. The van der Waals surface area contributed by atoms with E-state index in [-0.39, 0.29) is 29.2 Å². The van der Waals surface area contributed by atoms with E-state index in [9.17, 15) is 14.0 Å². The smallest absolute Gasteiger partial charge is 0.243 e. The second-order valence-corrected chi connectivity index (χ2v) is 9.24. The number of ketones is 1. The lowest BCUT2D eigenvalue weighted by molar-refractivity contribution is -0.129. The number of nitrogens with zero attached hydrogens (tertiary/aromatic N) is 4. The van der Waals surface area contributed by atoms with Crippen LogP contribution < -0.4 is 5.48 Å². The molecule has 2 heterocycles. The molecule has 176 valence electrons. The Balaban J connectivity index is 1.54. The van der Waals surface area contributed by atoms with Crippen LogP contribution in [0.25, 0.3) is 6.08 Å². The summed E-state index contributed by atoms with van der Waals surface area (Å²) in [6.07, 6.45) is 6.74. The molecule has 10 heteroatoms. The van der Waals surface area contributed by atoms with E-state index in [0.717, 1.165) is 30.5 Å². The van der Waals surface area contributed by atoms with E-state index in [1.54, 1.807) is 34.6 Å². The number of amides is 1. The summed E-state index contributed by atoms with van der Waals surface area (Å²) in [7, 11) is 0. The molecule has 33 heavy (non-hydrogen) atoms. The summed E-state index contributed by atoms with van der Waals surface area (Å²) >= 11 is 4.75. The summed E-state index contributed by atoms with van der Waals surface area (Å²) in [5, 5.41) is 16.7. The average Bonchev–Trinajstić information content (AvgIpc) is 3.58. The van der Waals surface area contributed by atoms with Gasteiger partial charge in [0.2, 0.25) is 5.91 Å². The molecule has 2 N–H and O–H groups in total. The van der Waals surface area contributed by atoms with Crippen molar-refractivity contribution in [1.82, 2.24) is 25.4 Å². The number of piperidine rings is 1. The van der Waals surface area contributed by atoms with Gasteiger partial charge < -0.3 is 0 Å². The van der Waals surface area contributed by atoms with E-state index in [2.05, 4.69) is 15.2 Å². The molecule has 2 atom stereocenters. The average molecular weight is 474 g/mol. The molecule has 2 aromatic rings. The third-order valence-electron chi connectivity index (χ3n) is 6.20. The zero-order chi connectivity index (χ0) is 23.4. The number of thiol groups is 1. The molecule has 2 fully saturated rings. The number of aryl methyl sites for hydroxylation is 1. The van der Waals surface area contributed by atoms with Crippen molar-refractivity contribution < 1.29 is 19.2 Å². The van der Waals surface area contributed by atoms with E-state index in [1.165, 1.54) is 6.07 Å². The van der Waals surface area contributed by atoms with E-state index >= 15 is 0 Å². The van der Waals surface area contributed by atoms with Gasteiger partial charge in [-0.3, -0.25) is 19.7 Å². The van der Waals surface area contributed by atoms with E-state index in [4.69, 9.17) is 17.8 Å². The predicted molar refractivity (Wildman–Crippen MR) is 123 cm³/mol. The molecule has 0 bridgehead atoms. The van der Waals surface area contributed by atoms with Crippen molar-refractivity contribution in [2.24, 2.45) is 5.92 Å². The van der Waals surface area contributed by atoms with Gasteiger partial charge in [0.15, 0.2) is 5.78 Å². The summed E-state index contributed by atoms with van der Waals surface area (Å²) < 4.78 is 16.4. The van der Waals surface area contributed by atoms with E-state index in [0.29, 0.717) is 31.6 Å². The maximum absolute atomic E-state index is 14.7. The topological polar surface area (TPSA) is 100 Å². The maximum atomic E-state index is 14.7. The SMILES string of the molecule is O=C(CCCn1nncc1/C=C1/CN(C(C(=O)C2CC2)c2ccccc2F)CCC1S)NO. The highest BCUT2D eigenvalue weighted by Gasteiger charge is 2.40. The molecule has 2 unspecified atom stereocenters. The minimum Gasteiger partial charge on any atom is -0.297 e. The zero-order valence-electron chi connectivity index (χ0n) is 18.2. The first kappa shape index (κ1) is 23.6. The number of carbonyl (C=O) groups excluding carboxylic acids is 2. The van der Waals surface area contributed by atoms with Gasteiger partial charge in [0.05, 0.1) is 17.9 Å². The van der Waals surface area contributed by atoms with Crippen LogP contribution in [-0.4, -0.2) is 55.1 Å². The highest BCUT2D eigenvalue weighted by Crippen LogP contribution is 2.39. The largest absolute Gasteiger partial charge is 0.297 e. The van der Waals surface area contributed by atoms with Crippen molar-refractivity contribution in [3.63, 3.8) is 0 Å². The van der Waals surface area contributed by atoms with Crippen LogP contribution in [0.2, 0.25) is 0 Å². The molecule has 2 aliphatic rings. The Morgan fingerprint density at radius 3 is 2.82 bits per heavy atom. The molecular formula is C23H28FN5O3S. The van der Waals surface area contributed by atoms with Crippen molar-refractivity contribution in [2.75, 3.05) is 13.1 Å². The summed E-state index contributed by atoms with van der Waals surface area (Å²) in [6, 6.07) is 5.92. The van der Waals surface area contributed by atoms with Gasteiger partial charge in [0.1, 0.15) is 5.82 Å². The van der Waals surface area contributed by atoms with Gasteiger partial charge >= 0.3 is 0 Å². The molecule has 1 aliphatic carbocycles. The fourth-order valence-electron chi connectivity index (χ4n) is 4.26. The van der Waals surface area contributed by atoms with Gasteiger partial charge in [-0.1, -0.05) is 23.4 Å². The molecule has 1 aromatic carbocycles. The standard InChI is InChI=1S/C23H28FN5O3S/c24-19-5-2-1-4-18(19)22(23(31)15-7-8-15)28-11-9-20(33)16(14-28)12-17-13-25-27-29(17)10-3-6-21(30)26-32/h1-2,4-5,12-13,15,20,22,32-33H,3,6-11,14H2,(H,26,30)/b16-12-. The molecule has 0 spiro atoms. The second-order valence-electron chi connectivity index (χ2n) is 8.62. The first-order chi connectivity index (χ1) is 16.0. The van der Waals surface area contributed by atoms with Gasteiger partial charge in [0, 0.05) is 42.8 Å². The lowest BCUT2D eigenvalue weighted by Gasteiger charge is -2.37. The molecule has 0 radical (unpaired) electrons. The van der Waals surface area contributed by atoms with E-state index < -0.39 is 11.9 Å².